The Morgan fingerprint density at radius 1 is 1.24 bits per heavy atom. The normalized spacial score (nSPS) is 24.4. The van der Waals surface area contributed by atoms with Gasteiger partial charge in [-0.05, 0) is 45.7 Å². The van der Waals surface area contributed by atoms with Gasteiger partial charge >= 0.3 is 0 Å². The van der Waals surface area contributed by atoms with Crippen LogP contribution in [0.4, 0.5) is 0 Å². The van der Waals surface area contributed by atoms with Crippen LogP contribution in [0.15, 0.2) is 6.07 Å². The number of rotatable bonds is 6. The smallest absolute Gasteiger partial charge is 0.256 e. The second-order valence-electron chi connectivity index (χ2n) is 8.96. The minimum absolute atomic E-state index is 0.0467. The van der Waals surface area contributed by atoms with Gasteiger partial charge in [0.25, 0.3) is 5.91 Å². The number of methoxy groups -OCH3 is 1. The van der Waals surface area contributed by atoms with Crippen molar-refractivity contribution in [2.75, 3.05) is 33.3 Å². The van der Waals surface area contributed by atoms with Crippen LogP contribution in [-0.2, 0) is 17.9 Å². The molecule has 158 valence electrons. The van der Waals surface area contributed by atoms with E-state index in [1.807, 2.05) is 29.7 Å². The first-order valence-electron chi connectivity index (χ1n) is 10.8. The number of ether oxygens (including phenoxy) is 1. The molecule has 2 fully saturated rings. The summed E-state index contributed by atoms with van der Waals surface area (Å²) in [7, 11) is 1.63. The highest BCUT2D eigenvalue weighted by molar-refractivity contribution is 5.98. The molecule has 1 aromatic rings. The van der Waals surface area contributed by atoms with Crippen molar-refractivity contribution in [1.82, 2.24) is 19.7 Å². The van der Waals surface area contributed by atoms with Crippen LogP contribution < -0.4 is 4.74 Å². The lowest BCUT2D eigenvalue weighted by atomic mass is 9.85. The number of hydrogen-bond acceptors (Lipinski definition) is 5. The number of carbonyl (C=O) groups excluding carboxylic acids is 2. The maximum Gasteiger partial charge on any atom is 0.256 e. The number of aromatic nitrogens is 1. The summed E-state index contributed by atoms with van der Waals surface area (Å²) < 4.78 is 5.56. The largest absolute Gasteiger partial charge is 0.481 e. The van der Waals surface area contributed by atoms with Crippen LogP contribution >= 0.6 is 0 Å². The van der Waals surface area contributed by atoms with Gasteiger partial charge in [0, 0.05) is 37.8 Å². The Balaban J connectivity index is 1.51. The molecule has 3 aliphatic heterocycles. The van der Waals surface area contributed by atoms with E-state index in [1.54, 1.807) is 7.11 Å². The molecule has 4 heterocycles. The molecule has 29 heavy (non-hydrogen) atoms. The fourth-order valence-electron chi connectivity index (χ4n) is 5.06. The minimum Gasteiger partial charge on any atom is -0.481 e. The average molecular weight is 401 g/mol. The SMILES string of the molecule is CCCN1CCC2(CCN(Cc3cc4c(nc3OC)CN(C(C)C)C4=O)C2)C1=O. The van der Waals surface area contributed by atoms with Gasteiger partial charge in [-0.1, -0.05) is 6.92 Å². The number of nitrogens with zero attached hydrogens (tertiary/aromatic N) is 4. The van der Waals surface area contributed by atoms with Crippen molar-refractivity contribution < 1.29 is 14.3 Å². The summed E-state index contributed by atoms with van der Waals surface area (Å²) in [5.74, 6) is 0.961. The third-order valence-corrected chi connectivity index (χ3v) is 6.69. The predicted octanol–water partition coefficient (Wildman–Crippen LogP) is 2.29. The number of likely N-dealkylation sites (tertiary alicyclic amines) is 2. The molecule has 1 spiro atoms. The second kappa shape index (κ2) is 7.59. The van der Waals surface area contributed by atoms with Gasteiger partial charge in [-0.25, -0.2) is 4.98 Å². The van der Waals surface area contributed by atoms with E-state index in [4.69, 9.17) is 4.74 Å². The summed E-state index contributed by atoms with van der Waals surface area (Å²) in [6, 6.07) is 2.10. The van der Waals surface area contributed by atoms with Crippen molar-refractivity contribution >= 4 is 11.8 Å². The van der Waals surface area contributed by atoms with Crippen LogP contribution in [0.5, 0.6) is 5.88 Å². The molecular weight excluding hydrogens is 368 g/mol. The maximum atomic E-state index is 12.9. The molecule has 0 aliphatic carbocycles. The second-order valence-corrected chi connectivity index (χ2v) is 8.96. The Kier molecular flexibility index (Phi) is 5.27. The predicted molar refractivity (Wildman–Crippen MR) is 110 cm³/mol. The molecule has 7 heteroatoms. The van der Waals surface area contributed by atoms with E-state index < -0.39 is 0 Å². The van der Waals surface area contributed by atoms with E-state index in [0.717, 1.165) is 56.7 Å². The average Bonchev–Trinajstić information content (AvgIpc) is 3.34. The maximum absolute atomic E-state index is 12.9. The van der Waals surface area contributed by atoms with Gasteiger partial charge in [-0.3, -0.25) is 14.5 Å². The molecule has 1 unspecified atom stereocenters. The summed E-state index contributed by atoms with van der Waals surface area (Å²) in [5, 5.41) is 0. The van der Waals surface area contributed by atoms with Crippen LogP contribution in [0, 0.1) is 5.41 Å². The summed E-state index contributed by atoms with van der Waals surface area (Å²) in [5.41, 5.74) is 2.19. The standard InChI is InChI=1S/C22H32N4O3/c1-5-8-25-10-7-22(21(25)28)6-9-24(14-22)12-16-11-17-18(23-19(16)29-4)13-26(15(2)3)20(17)27/h11,15H,5-10,12-14H2,1-4H3. The van der Waals surface area contributed by atoms with Gasteiger partial charge in [0.2, 0.25) is 11.8 Å². The molecule has 0 radical (unpaired) electrons. The van der Waals surface area contributed by atoms with Crippen molar-refractivity contribution in [2.24, 2.45) is 5.41 Å². The first-order valence-corrected chi connectivity index (χ1v) is 10.8. The zero-order valence-corrected chi connectivity index (χ0v) is 18.0. The molecule has 1 atom stereocenters. The third kappa shape index (κ3) is 3.39. The van der Waals surface area contributed by atoms with Gasteiger partial charge in [0.1, 0.15) is 0 Å². The van der Waals surface area contributed by atoms with E-state index in [1.165, 1.54) is 0 Å². The monoisotopic (exact) mass is 400 g/mol. The number of carbonyl (C=O) groups is 2. The van der Waals surface area contributed by atoms with Crippen LogP contribution in [0.1, 0.15) is 61.6 Å². The van der Waals surface area contributed by atoms with Crippen molar-refractivity contribution in [3.05, 3.63) is 22.9 Å². The molecule has 1 aromatic heterocycles. The zero-order valence-electron chi connectivity index (χ0n) is 18.0. The molecule has 0 bridgehead atoms. The molecule has 2 amide bonds. The Morgan fingerprint density at radius 2 is 2.00 bits per heavy atom. The molecule has 0 N–H and O–H groups in total. The Bertz CT molecular complexity index is 825. The highest BCUT2D eigenvalue weighted by Crippen LogP contribution is 2.41. The molecule has 0 saturated carbocycles. The molecular formula is C22H32N4O3. The first kappa shape index (κ1) is 20.1. The number of fused-ring (bicyclic) bond motifs is 1. The van der Waals surface area contributed by atoms with E-state index in [-0.39, 0.29) is 17.4 Å². The molecule has 2 saturated heterocycles. The van der Waals surface area contributed by atoms with Crippen molar-refractivity contribution in [2.45, 2.75) is 59.2 Å². The minimum atomic E-state index is -0.225. The van der Waals surface area contributed by atoms with Gasteiger partial charge < -0.3 is 14.5 Å². The summed E-state index contributed by atoms with van der Waals surface area (Å²) >= 11 is 0. The molecule has 4 rings (SSSR count). The van der Waals surface area contributed by atoms with Gasteiger partial charge in [-0.2, -0.15) is 0 Å². The van der Waals surface area contributed by atoms with Crippen molar-refractivity contribution in [1.29, 1.82) is 0 Å². The van der Waals surface area contributed by atoms with Crippen molar-refractivity contribution in [3.63, 3.8) is 0 Å². The van der Waals surface area contributed by atoms with E-state index in [2.05, 4.69) is 16.8 Å². The summed E-state index contributed by atoms with van der Waals surface area (Å²) in [6.07, 6.45) is 2.86. The fourth-order valence-corrected chi connectivity index (χ4v) is 5.06. The number of amides is 2. The highest BCUT2D eigenvalue weighted by atomic mass is 16.5. The molecule has 0 aromatic carbocycles. The fraction of sp³-hybridized carbons (Fsp3) is 0.682. The van der Waals surface area contributed by atoms with Gasteiger partial charge in [-0.15, -0.1) is 0 Å². The lowest BCUT2D eigenvalue weighted by Gasteiger charge is -2.24. The highest BCUT2D eigenvalue weighted by Gasteiger charge is 2.50. The zero-order chi connectivity index (χ0) is 20.8. The number of hydrogen-bond donors (Lipinski definition) is 0. The summed E-state index contributed by atoms with van der Waals surface area (Å²) in [6.45, 7) is 10.8. The van der Waals surface area contributed by atoms with E-state index in [9.17, 15) is 9.59 Å². The Hall–Kier alpha value is -2.15. The van der Waals surface area contributed by atoms with Gasteiger partial charge in [0.15, 0.2) is 0 Å². The van der Waals surface area contributed by atoms with Crippen LogP contribution in [-0.4, -0.2) is 70.8 Å². The lowest BCUT2D eigenvalue weighted by Crippen LogP contribution is -2.37. The Labute approximate surface area is 173 Å². The van der Waals surface area contributed by atoms with E-state index in [0.29, 0.717) is 30.4 Å². The molecule has 3 aliphatic rings. The van der Waals surface area contributed by atoms with E-state index >= 15 is 0 Å². The molecule has 7 nitrogen and oxygen atoms in total. The number of pyridine rings is 1. The van der Waals surface area contributed by atoms with Crippen LogP contribution in [0.3, 0.4) is 0 Å². The summed E-state index contributed by atoms with van der Waals surface area (Å²) in [4.78, 5) is 36.5. The van der Waals surface area contributed by atoms with Crippen LogP contribution in [0.25, 0.3) is 0 Å². The first-order chi connectivity index (χ1) is 13.9. The lowest BCUT2D eigenvalue weighted by molar-refractivity contribution is -0.135. The third-order valence-electron chi connectivity index (χ3n) is 6.69. The van der Waals surface area contributed by atoms with Crippen molar-refractivity contribution in [3.8, 4) is 5.88 Å². The van der Waals surface area contributed by atoms with Gasteiger partial charge in [0.05, 0.1) is 30.3 Å². The quantitative estimate of drug-likeness (QED) is 0.733. The Morgan fingerprint density at radius 3 is 2.69 bits per heavy atom. The van der Waals surface area contributed by atoms with Crippen LogP contribution in [0.2, 0.25) is 0 Å². The topological polar surface area (TPSA) is 66.0 Å².